The molecule has 0 radical (unpaired) electrons. The average Bonchev–Trinajstić information content (AvgIpc) is 3.18. The predicted octanol–water partition coefficient (Wildman–Crippen LogP) is 0.804. The molecule has 1 aliphatic heterocycles. The van der Waals surface area contributed by atoms with Crippen molar-refractivity contribution >= 4 is 5.91 Å². The van der Waals surface area contributed by atoms with Gasteiger partial charge in [0.25, 0.3) is 5.91 Å². The Hall–Kier alpha value is -2.22. The quantitative estimate of drug-likeness (QED) is 0.878. The number of carbonyl (C=O) groups excluding carboxylic acids is 1. The monoisotopic (exact) mass is 334 g/mol. The highest BCUT2D eigenvalue weighted by Gasteiger charge is 2.33. The summed E-state index contributed by atoms with van der Waals surface area (Å²) in [4.78, 5) is 18.6. The fourth-order valence-corrected chi connectivity index (χ4v) is 3.19. The molecule has 2 aromatic rings. The number of imidazole rings is 1. The van der Waals surface area contributed by atoms with E-state index in [9.17, 15) is 9.18 Å². The molecule has 1 fully saturated rings. The van der Waals surface area contributed by atoms with Crippen LogP contribution in [0.1, 0.15) is 28.3 Å². The Bertz CT molecular complexity index is 724. The number of rotatable bonds is 5. The Morgan fingerprint density at radius 3 is 2.88 bits per heavy atom. The molecule has 8 heteroatoms. The van der Waals surface area contributed by atoms with Crippen LogP contribution in [0.2, 0.25) is 0 Å². The van der Waals surface area contributed by atoms with Crippen molar-refractivity contribution in [2.75, 3.05) is 13.1 Å². The molecule has 0 bridgehead atoms. The van der Waals surface area contributed by atoms with Crippen LogP contribution in [0, 0.1) is 6.92 Å². The van der Waals surface area contributed by atoms with Crippen molar-refractivity contribution in [2.45, 2.75) is 32.1 Å². The third-order valence-corrected chi connectivity index (χ3v) is 4.50. The van der Waals surface area contributed by atoms with Gasteiger partial charge in [-0.05, 0) is 13.3 Å². The summed E-state index contributed by atoms with van der Waals surface area (Å²) in [6.07, 6.45) is 4.87. The van der Waals surface area contributed by atoms with Gasteiger partial charge in [-0.25, -0.2) is 9.37 Å². The molecular weight excluding hydrogens is 311 g/mol. The Morgan fingerprint density at radius 2 is 2.25 bits per heavy atom. The number of aryl methyl sites for hydroxylation is 3. The number of hydrogen-bond acceptors (Lipinski definition) is 4. The van der Waals surface area contributed by atoms with E-state index in [1.807, 2.05) is 22.7 Å². The Labute approximate surface area is 140 Å². The fourth-order valence-electron chi connectivity index (χ4n) is 3.19. The third-order valence-electron chi connectivity index (χ3n) is 4.50. The number of alkyl halides is 1. The SMILES string of the molecule is Cc1nn(C)cc1C(=O)NC[C@@H]1C[C@H](F)CN1Cc1nccn1C. The number of hydrogen-bond donors (Lipinski definition) is 1. The van der Waals surface area contributed by atoms with E-state index >= 15 is 0 Å². The van der Waals surface area contributed by atoms with E-state index in [-0.39, 0.29) is 11.9 Å². The molecule has 0 aliphatic carbocycles. The minimum atomic E-state index is -0.868. The normalized spacial score (nSPS) is 21.3. The van der Waals surface area contributed by atoms with Gasteiger partial charge in [0.2, 0.25) is 0 Å². The van der Waals surface area contributed by atoms with Crippen molar-refractivity contribution in [1.82, 2.24) is 29.5 Å². The molecule has 1 N–H and O–H groups in total. The third kappa shape index (κ3) is 3.48. The van der Waals surface area contributed by atoms with Crippen molar-refractivity contribution in [3.8, 4) is 0 Å². The van der Waals surface area contributed by atoms with Crippen LogP contribution in [0.15, 0.2) is 18.6 Å². The van der Waals surface area contributed by atoms with Crippen molar-refractivity contribution in [3.05, 3.63) is 35.7 Å². The van der Waals surface area contributed by atoms with Gasteiger partial charge in [0.1, 0.15) is 12.0 Å². The molecule has 1 saturated heterocycles. The summed E-state index contributed by atoms with van der Waals surface area (Å²) >= 11 is 0. The molecule has 7 nitrogen and oxygen atoms in total. The zero-order chi connectivity index (χ0) is 17.3. The van der Waals surface area contributed by atoms with Crippen molar-refractivity contribution in [3.63, 3.8) is 0 Å². The summed E-state index contributed by atoms with van der Waals surface area (Å²) in [6.45, 7) is 3.17. The highest BCUT2D eigenvalue weighted by molar-refractivity contribution is 5.95. The number of amides is 1. The molecule has 3 rings (SSSR count). The van der Waals surface area contributed by atoms with Gasteiger partial charge in [0, 0.05) is 51.8 Å². The lowest BCUT2D eigenvalue weighted by atomic mass is 10.2. The maximum atomic E-state index is 13.9. The zero-order valence-electron chi connectivity index (χ0n) is 14.2. The van der Waals surface area contributed by atoms with E-state index in [2.05, 4.69) is 15.4 Å². The second-order valence-corrected chi connectivity index (χ2v) is 6.38. The standard InChI is InChI=1S/C16H23FN6O/c1-11-14(9-22(3)20-11)16(24)19-7-13-6-12(17)8-23(13)10-15-18-4-5-21(15)2/h4-5,9,12-13H,6-8,10H2,1-3H3,(H,19,24)/t12-,13-/m0/s1. The molecule has 24 heavy (non-hydrogen) atoms. The first-order valence-corrected chi connectivity index (χ1v) is 8.06. The number of halogens is 1. The van der Waals surface area contributed by atoms with Crippen LogP contribution in [0.25, 0.3) is 0 Å². The van der Waals surface area contributed by atoms with Crippen LogP contribution >= 0.6 is 0 Å². The van der Waals surface area contributed by atoms with Gasteiger partial charge in [0.15, 0.2) is 0 Å². The number of nitrogens with one attached hydrogen (secondary N) is 1. The van der Waals surface area contributed by atoms with Crippen molar-refractivity contribution in [2.24, 2.45) is 14.1 Å². The largest absolute Gasteiger partial charge is 0.350 e. The maximum Gasteiger partial charge on any atom is 0.254 e. The molecule has 0 aromatic carbocycles. The van der Waals surface area contributed by atoms with Gasteiger partial charge < -0.3 is 9.88 Å². The fraction of sp³-hybridized carbons (Fsp3) is 0.562. The van der Waals surface area contributed by atoms with Crippen LogP contribution in [0.5, 0.6) is 0 Å². The van der Waals surface area contributed by atoms with E-state index < -0.39 is 6.17 Å². The second kappa shape index (κ2) is 6.72. The van der Waals surface area contributed by atoms with Crippen LogP contribution in [-0.2, 0) is 20.6 Å². The van der Waals surface area contributed by atoms with Gasteiger partial charge in [0.05, 0.1) is 17.8 Å². The molecule has 2 aromatic heterocycles. The summed E-state index contributed by atoms with van der Waals surface area (Å²) in [7, 11) is 3.70. The number of nitrogens with zero attached hydrogens (tertiary/aromatic N) is 5. The topological polar surface area (TPSA) is 68.0 Å². The molecule has 1 aliphatic rings. The average molecular weight is 334 g/mol. The molecular formula is C16H23FN6O. The predicted molar refractivity (Wildman–Crippen MR) is 87.2 cm³/mol. The molecule has 130 valence electrons. The second-order valence-electron chi connectivity index (χ2n) is 6.38. The first-order valence-electron chi connectivity index (χ1n) is 8.06. The molecule has 0 spiro atoms. The minimum absolute atomic E-state index is 0.0300. The summed E-state index contributed by atoms with van der Waals surface area (Å²) in [6, 6.07) is -0.0300. The number of likely N-dealkylation sites (tertiary alicyclic amines) is 1. The Kier molecular flexibility index (Phi) is 4.66. The van der Waals surface area contributed by atoms with Crippen LogP contribution in [0.4, 0.5) is 4.39 Å². The molecule has 2 atom stereocenters. The molecule has 0 unspecified atom stereocenters. The highest BCUT2D eigenvalue weighted by Crippen LogP contribution is 2.22. The summed E-state index contributed by atoms with van der Waals surface area (Å²) in [5.41, 5.74) is 1.25. The van der Waals surface area contributed by atoms with Crippen molar-refractivity contribution < 1.29 is 9.18 Å². The first-order chi connectivity index (χ1) is 11.4. The highest BCUT2D eigenvalue weighted by atomic mass is 19.1. The summed E-state index contributed by atoms with van der Waals surface area (Å²) in [5, 5.41) is 7.08. The van der Waals surface area contributed by atoms with E-state index in [4.69, 9.17) is 0 Å². The van der Waals surface area contributed by atoms with Gasteiger partial charge >= 0.3 is 0 Å². The summed E-state index contributed by atoms with van der Waals surface area (Å²) < 4.78 is 17.4. The lowest BCUT2D eigenvalue weighted by Crippen LogP contribution is -2.40. The Morgan fingerprint density at radius 1 is 1.46 bits per heavy atom. The zero-order valence-corrected chi connectivity index (χ0v) is 14.2. The lowest BCUT2D eigenvalue weighted by molar-refractivity contribution is 0.0938. The lowest BCUT2D eigenvalue weighted by Gasteiger charge is -2.23. The molecule has 1 amide bonds. The smallest absolute Gasteiger partial charge is 0.254 e. The van der Waals surface area contributed by atoms with Crippen LogP contribution in [0.3, 0.4) is 0 Å². The molecule has 3 heterocycles. The van der Waals surface area contributed by atoms with Crippen LogP contribution < -0.4 is 5.32 Å². The summed E-state index contributed by atoms with van der Waals surface area (Å²) in [5.74, 6) is 0.725. The van der Waals surface area contributed by atoms with Gasteiger partial charge in [-0.3, -0.25) is 14.4 Å². The van der Waals surface area contributed by atoms with E-state index in [1.165, 1.54) is 0 Å². The van der Waals surface area contributed by atoms with E-state index in [1.54, 1.807) is 31.0 Å². The van der Waals surface area contributed by atoms with Gasteiger partial charge in [-0.15, -0.1) is 0 Å². The number of carbonyl (C=O) groups is 1. The van der Waals surface area contributed by atoms with Gasteiger partial charge in [-0.1, -0.05) is 0 Å². The van der Waals surface area contributed by atoms with Gasteiger partial charge in [-0.2, -0.15) is 5.10 Å². The number of aromatic nitrogens is 4. The first kappa shape index (κ1) is 16.6. The van der Waals surface area contributed by atoms with Crippen LogP contribution in [-0.4, -0.2) is 55.4 Å². The molecule has 0 saturated carbocycles. The maximum absolute atomic E-state index is 13.9. The van der Waals surface area contributed by atoms with E-state index in [0.29, 0.717) is 37.3 Å². The minimum Gasteiger partial charge on any atom is -0.350 e. The Balaban J connectivity index is 1.61. The van der Waals surface area contributed by atoms with E-state index in [0.717, 1.165) is 5.82 Å². The van der Waals surface area contributed by atoms with Crippen molar-refractivity contribution in [1.29, 1.82) is 0 Å².